The predicted octanol–water partition coefficient (Wildman–Crippen LogP) is 3.77. The van der Waals surface area contributed by atoms with E-state index < -0.39 is 0 Å². The molecule has 3 aromatic rings. The summed E-state index contributed by atoms with van der Waals surface area (Å²) in [6, 6.07) is 11.1. The molecule has 30 heavy (non-hydrogen) atoms. The Morgan fingerprint density at radius 3 is 2.40 bits per heavy atom. The molecule has 0 saturated heterocycles. The molecule has 4 rings (SSSR count). The molecule has 1 fully saturated rings. The number of rotatable bonds is 6. The molecule has 0 radical (unpaired) electrons. The quantitative estimate of drug-likeness (QED) is 0.670. The summed E-state index contributed by atoms with van der Waals surface area (Å²) in [5, 5.41) is 3.14. The number of carbonyl (C=O) groups excluding carboxylic acids is 1. The van der Waals surface area contributed by atoms with Gasteiger partial charge in [-0.3, -0.25) is 14.8 Å². The summed E-state index contributed by atoms with van der Waals surface area (Å²) in [7, 11) is 3.22. The smallest absolute Gasteiger partial charge is 0.251 e. The molecule has 1 aliphatic rings. The van der Waals surface area contributed by atoms with Crippen molar-refractivity contribution in [3.05, 3.63) is 54.4 Å². The van der Waals surface area contributed by atoms with Crippen LogP contribution in [0.25, 0.3) is 11.0 Å². The zero-order valence-electron chi connectivity index (χ0n) is 17.1. The standard InChI is InChI=1S/C23H25N3O4/c1-28-20-4-3-5-21(22(20)29-2)30-17-9-7-16(8-10-17)26-23(27)15-6-11-18-19(14-15)25-13-12-24-18/h3-6,11-14,16-17H,7-10H2,1-2H3,(H,26,27). The predicted molar refractivity (Wildman–Crippen MR) is 113 cm³/mol. The summed E-state index contributed by atoms with van der Waals surface area (Å²) in [4.78, 5) is 21.2. The third-order valence-electron chi connectivity index (χ3n) is 5.40. The Morgan fingerprint density at radius 2 is 1.67 bits per heavy atom. The molecule has 2 aromatic carbocycles. The lowest BCUT2D eigenvalue weighted by Gasteiger charge is -2.30. The number of aromatic nitrogens is 2. The number of amides is 1. The summed E-state index contributed by atoms with van der Waals surface area (Å²) in [5.74, 6) is 1.86. The lowest BCUT2D eigenvalue weighted by Crippen LogP contribution is -2.39. The van der Waals surface area contributed by atoms with Crippen molar-refractivity contribution in [1.29, 1.82) is 0 Å². The number of hydrogen-bond donors (Lipinski definition) is 1. The Morgan fingerprint density at radius 1 is 0.933 bits per heavy atom. The SMILES string of the molecule is COc1cccc(OC2CCC(NC(=O)c3ccc4nccnc4c3)CC2)c1OC. The van der Waals surface area contributed by atoms with Gasteiger partial charge in [0, 0.05) is 24.0 Å². The number of carbonyl (C=O) groups is 1. The van der Waals surface area contributed by atoms with Crippen molar-refractivity contribution in [3.63, 3.8) is 0 Å². The first kappa shape index (κ1) is 19.9. The largest absolute Gasteiger partial charge is 0.493 e. The fourth-order valence-electron chi connectivity index (χ4n) is 3.83. The van der Waals surface area contributed by atoms with Gasteiger partial charge in [-0.25, -0.2) is 0 Å². The minimum atomic E-state index is -0.0820. The van der Waals surface area contributed by atoms with Gasteiger partial charge in [0.25, 0.3) is 5.91 Å². The molecule has 1 aromatic heterocycles. The Kier molecular flexibility index (Phi) is 5.97. The topological polar surface area (TPSA) is 82.6 Å². The van der Waals surface area contributed by atoms with Crippen LogP contribution in [0.4, 0.5) is 0 Å². The second-order valence-corrected chi connectivity index (χ2v) is 7.32. The van der Waals surface area contributed by atoms with Crippen LogP contribution in [0.2, 0.25) is 0 Å². The van der Waals surface area contributed by atoms with Crippen LogP contribution >= 0.6 is 0 Å². The zero-order chi connectivity index (χ0) is 20.9. The van der Waals surface area contributed by atoms with Gasteiger partial charge < -0.3 is 19.5 Å². The molecule has 1 N–H and O–H groups in total. The van der Waals surface area contributed by atoms with Crippen LogP contribution < -0.4 is 19.5 Å². The first-order chi connectivity index (χ1) is 14.7. The lowest BCUT2D eigenvalue weighted by atomic mass is 9.92. The molecule has 1 amide bonds. The van der Waals surface area contributed by atoms with Gasteiger partial charge in [-0.1, -0.05) is 6.07 Å². The highest BCUT2D eigenvalue weighted by Crippen LogP contribution is 2.38. The van der Waals surface area contributed by atoms with E-state index in [1.165, 1.54) is 0 Å². The number of methoxy groups -OCH3 is 2. The number of fused-ring (bicyclic) bond motifs is 1. The highest BCUT2D eigenvalue weighted by atomic mass is 16.5. The van der Waals surface area contributed by atoms with Crippen LogP contribution in [0.3, 0.4) is 0 Å². The monoisotopic (exact) mass is 407 g/mol. The van der Waals surface area contributed by atoms with Crippen molar-refractivity contribution in [3.8, 4) is 17.2 Å². The maximum Gasteiger partial charge on any atom is 0.251 e. The molecule has 0 aliphatic heterocycles. The van der Waals surface area contributed by atoms with Gasteiger partial charge in [0.05, 0.1) is 31.4 Å². The molecule has 1 heterocycles. The lowest BCUT2D eigenvalue weighted by molar-refractivity contribution is 0.0891. The molecule has 156 valence electrons. The number of nitrogens with one attached hydrogen (secondary N) is 1. The van der Waals surface area contributed by atoms with E-state index in [1.54, 1.807) is 38.7 Å². The van der Waals surface area contributed by atoms with Gasteiger partial charge in [0.1, 0.15) is 0 Å². The van der Waals surface area contributed by atoms with Crippen molar-refractivity contribution >= 4 is 16.9 Å². The van der Waals surface area contributed by atoms with Crippen LogP contribution in [0, 0.1) is 0 Å². The molecular formula is C23H25N3O4. The third kappa shape index (κ3) is 4.30. The van der Waals surface area contributed by atoms with Crippen molar-refractivity contribution in [2.24, 2.45) is 0 Å². The zero-order valence-corrected chi connectivity index (χ0v) is 17.1. The molecule has 1 aliphatic carbocycles. The summed E-state index contributed by atoms with van der Waals surface area (Å²) < 4.78 is 17.0. The van der Waals surface area contributed by atoms with Crippen LogP contribution in [0.1, 0.15) is 36.0 Å². The molecule has 7 nitrogen and oxygen atoms in total. The van der Waals surface area contributed by atoms with Gasteiger partial charge in [-0.15, -0.1) is 0 Å². The van der Waals surface area contributed by atoms with E-state index in [2.05, 4.69) is 15.3 Å². The minimum absolute atomic E-state index is 0.0788. The maximum absolute atomic E-state index is 12.7. The maximum atomic E-state index is 12.7. The number of para-hydroxylation sites is 1. The highest BCUT2D eigenvalue weighted by molar-refractivity contribution is 5.97. The van der Waals surface area contributed by atoms with Gasteiger partial charge in [0.15, 0.2) is 11.5 Å². The minimum Gasteiger partial charge on any atom is -0.493 e. The average Bonchev–Trinajstić information content (AvgIpc) is 2.79. The van der Waals surface area contributed by atoms with Crippen molar-refractivity contribution < 1.29 is 19.0 Å². The summed E-state index contributed by atoms with van der Waals surface area (Å²) >= 11 is 0. The average molecular weight is 407 g/mol. The van der Waals surface area contributed by atoms with Crippen LogP contribution in [0.5, 0.6) is 17.2 Å². The van der Waals surface area contributed by atoms with Gasteiger partial charge in [-0.05, 0) is 56.0 Å². The molecule has 1 saturated carbocycles. The Labute approximate surface area is 175 Å². The molecule has 0 bridgehead atoms. The van der Waals surface area contributed by atoms with Gasteiger partial charge >= 0.3 is 0 Å². The summed E-state index contributed by atoms with van der Waals surface area (Å²) in [5.41, 5.74) is 2.09. The highest BCUT2D eigenvalue weighted by Gasteiger charge is 2.25. The van der Waals surface area contributed by atoms with Crippen LogP contribution in [0.15, 0.2) is 48.8 Å². The molecule has 0 unspecified atom stereocenters. The van der Waals surface area contributed by atoms with Crippen molar-refractivity contribution in [1.82, 2.24) is 15.3 Å². The normalized spacial score (nSPS) is 18.6. The molecule has 7 heteroatoms. The van der Waals surface area contributed by atoms with Crippen molar-refractivity contribution in [2.75, 3.05) is 14.2 Å². The fraction of sp³-hybridized carbons (Fsp3) is 0.348. The number of benzene rings is 2. The van der Waals surface area contributed by atoms with E-state index in [0.717, 1.165) is 36.7 Å². The van der Waals surface area contributed by atoms with Crippen molar-refractivity contribution in [2.45, 2.75) is 37.8 Å². The second-order valence-electron chi connectivity index (χ2n) is 7.32. The van der Waals surface area contributed by atoms with Crippen LogP contribution in [-0.4, -0.2) is 42.2 Å². The number of hydrogen-bond acceptors (Lipinski definition) is 6. The Hall–Kier alpha value is -3.35. The number of ether oxygens (including phenoxy) is 3. The molecular weight excluding hydrogens is 382 g/mol. The van der Waals surface area contributed by atoms with E-state index >= 15 is 0 Å². The Balaban J connectivity index is 1.34. The van der Waals surface area contributed by atoms with E-state index in [9.17, 15) is 4.79 Å². The molecule has 0 spiro atoms. The molecule has 0 atom stereocenters. The number of nitrogens with zero attached hydrogens (tertiary/aromatic N) is 2. The Bertz CT molecular complexity index is 1030. The van der Waals surface area contributed by atoms with E-state index in [4.69, 9.17) is 14.2 Å². The van der Waals surface area contributed by atoms with Gasteiger partial charge in [0.2, 0.25) is 5.75 Å². The third-order valence-corrected chi connectivity index (χ3v) is 5.40. The first-order valence-electron chi connectivity index (χ1n) is 10.1. The first-order valence-corrected chi connectivity index (χ1v) is 10.1. The summed E-state index contributed by atoms with van der Waals surface area (Å²) in [6.07, 6.45) is 6.77. The van der Waals surface area contributed by atoms with E-state index in [0.29, 0.717) is 22.8 Å². The second kappa shape index (κ2) is 8.98. The fourth-order valence-corrected chi connectivity index (χ4v) is 3.83. The van der Waals surface area contributed by atoms with Crippen LogP contribution in [-0.2, 0) is 0 Å². The summed E-state index contributed by atoms with van der Waals surface area (Å²) in [6.45, 7) is 0. The van der Waals surface area contributed by atoms with E-state index in [-0.39, 0.29) is 18.1 Å². The van der Waals surface area contributed by atoms with E-state index in [1.807, 2.05) is 24.3 Å². The van der Waals surface area contributed by atoms with Gasteiger partial charge in [-0.2, -0.15) is 0 Å².